The molecule has 0 bridgehead atoms. The molecule has 8 nitrogen and oxygen atoms in total. The van der Waals surface area contributed by atoms with E-state index >= 15 is 0 Å². The second-order valence-corrected chi connectivity index (χ2v) is 5.51. The first-order valence-corrected chi connectivity index (χ1v) is 6.76. The predicted octanol–water partition coefficient (Wildman–Crippen LogP) is 0.664. The summed E-state index contributed by atoms with van der Waals surface area (Å²) in [6.07, 6.45) is 0. The van der Waals surface area contributed by atoms with Gasteiger partial charge in [-0.25, -0.2) is 8.42 Å². The van der Waals surface area contributed by atoms with Crippen LogP contribution in [0.4, 0.5) is 5.69 Å². The number of sulfonamides is 1. The second-order valence-electron chi connectivity index (χ2n) is 3.47. The molecule has 0 unspecified atom stereocenters. The first kappa shape index (κ1) is 15.8. The van der Waals surface area contributed by atoms with E-state index in [-0.39, 0.29) is 5.02 Å². The van der Waals surface area contributed by atoms with Crippen LogP contribution in [-0.2, 0) is 10.0 Å². The van der Waals surface area contributed by atoms with Crippen molar-refractivity contribution in [2.45, 2.75) is 10.9 Å². The van der Waals surface area contributed by atoms with Gasteiger partial charge < -0.3 is 14.9 Å². The van der Waals surface area contributed by atoms with Gasteiger partial charge in [0.05, 0.1) is 9.82 Å². The van der Waals surface area contributed by atoms with Crippen LogP contribution in [0.1, 0.15) is 0 Å². The van der Waals surface area contributed by atoms with E-state index in [1.807, 2.05) is 0 Å². The molecule has 2 N–H and O–H groups in total. The van der Waals surface area contributed by atoms with E-state index < -0.39 is 44.8 Å². The molecule has 1 aromatic carbocycles. The van der Waals surface area contributed by atoms with Crippen molar-refractivity contribution in [1.29, 1.82) is 0 Å². The van der Waals surface area contributed by atoms with E-state index in [0.717, 1.165) is 18.2 Å². The Morgan fingerprint density at radius 1 is 1.37 bits per heavy atom. The number of aliphatic hydroxyl groups is 2. The number of benzene rings is 1. The normalized spacial score (nSPS) is 11.8. The Balaban J connectivity index is 3.15. The smallest absolute Gasteiger partial charge is 0.289 e. The van der Waals surface area contributed by atoms with Gasteiger partial charge in [-0.1, -0.05) is 17.6 Å². The maximum Gasteiger partial charge on any atom is 0.289 e. The molecule has 10 heteroatoms. The van der Waals surface area contributed by atoms with Crippen LogP contribution in [0.15, 0.2) is 23.1 Å². The molecule has 0 aliphatic carbocycles. The number of rotatable bonds is 6. The lowest BCUT2D eigenvalue weighted by Crippen LogP contribution is -2.20. The molecule has 0 saturated heterocycles. The monoisotopic (exact) mass is 309 g/mol. The van der Waals surface area contributed by atoms with Gasteiger partial charge in [-0.2, -0.15) is 0 Å². The Labute approximate surface area is 113 Å². The lowest BCUT2D eigenvalue weighted by atomic mass is 10.3. The number of nitro groups is 1. The Morgan fingerprint density at radius 3 is 2.42 bits per heavy atom. The zero-order valence-electron chi connectivity index (χ0n) is 9.43. The number of hydrogen-bond acceptors (Lipinski definition) is 6. The average Bonchev–Trinajstić information content (AvgIpc) is 2.35. The van der Waals surface area contributed by atoms with Crippen LogP contribution in [0.25, 0.3) is 4.72 Å². The average molecular weight is 310 g/mol. The van der Waals surface area contributed by atoms with Gasteiger partial charge in [0, 0.05) is 19.3 Å². The van der Waals surface area contributed by atoms with Gasteiger partial charge >= 0.3 is 0 Å². The van der Waals surface area contributed by atoms with Crippen LogP contribution >= 0.6 is 11.6 Å². The molecule has 0 fully saturated rings. The molecule has 0 aliphatic rings. The van der Waals surface area contributed by atoms with Crippen molar-refractivity contribution >= 4 is 27.3 Å². The predicted molar refractivity (Wildman–Crippen MR) is 66.6 cm³/mol. The molecule has 0 aliphatic heterocycles. The molecule has 106 valence electrons. The fraction of sp³-hybridized carbons (Fsp3) is 0.333. The Hall–Kier alpha value is -1.26. The van der Waals surface area contributed by atoms with Crippen molar-refractivity contribution in [2.75, 3.05) is 13.2 Å². The van der Waals surface area contributed by atoms with Crippen molar-refractivity contribution in [3.63, 3.8) is 0 Å². The summed E-state index contributed by atoms with van der Waals surface area (Å²) >= 11 is 5.55. The van der Waals surface area contributed by atoms with Gasteiger partial charge in [-0.15, -0.1) is 0 Å². The van der Waals surface area contributed by atoms with Gasteiger partial charge in [-0.05, 0) is 12.1 Å². The summed E-state index contributed by atoms with van der Waals surface area (Å²) in [5, 5.41) is 28.0. The lowest BCUT2D eigenvalue weighted by molar-refractivity contribution is -0.384. The molecule has 0 saturated carbocycles. The highest BCUT2D eigenvalue weighted by Gasteiger charge is 2.17. The van der Waals surface area contributed by atoms with E-state index in [0.29, 0.717) is 0 Å². The topological polar surface area (TPSA) is 132 Å². The molecule has 0 atom stereocenters. The molecule has 19 heavy (non-hydrogen) atoms. The number of aliphatic hydroxyl groups excluding tert-OH is 2. The molecule has 0 amide bonds. The SMILES string of the molecule is O=[N+]([O-])c1cc(S(=O)(=O)[N-]C(CO)CO)ccc1Cl. The number of hydrogen-bond donors (Lipinski definition) is 2. The van der Waals surface area contributed by atoms with Crippen LogP contribution in [0, 0.1) is 10.1 Å². The van der Waals surface area contributed by atoms with Gasteiger partial charge in [0.25, 0.3) is 5.69 Å². The molecule has 0 heterocycles. The van der Waals surface area contributed by atoms with Crippen molar-refractivity contribution < 1.29 is 23.6 Å². The summed E-state index contributed by atoms with van der Waals surface area (Å²) in [5.41, 5.74) is -0.567. The summed E-state index contributed by atoms with van der Waals surface area (Å²) in [5.74, 6) is 0. The van der Waals surface area contributed by atoms with Crippen LogP contribution in [-0.4, -0.2) is 42.8 Å². The van der Waals surface area contributed by atoms with Crippen LogP contribution < -0.4 is 0 Å². The third-order valence-corrected chi connectivity index (χ3v) is 3.87. The number of nitrogens with zero attached hydrogens (tertiary/aromatic N) is 2. The third-order valence-electron chi connectivity index (χ3n) is 2.12. The third kappa shape index (κ3) is 3.85. The highest BCUT2D eigenvalue weighted by molar-refractivity contribution is 7.94. The largest absolute Gasteiger partial charge is 0.538 e. The minimum Gasteiger partial charge on any atom is -0.538 e. The number of nitro benzene ring substituents is 1. The lowest BCUT2D eigenvalue weighted by Gasteiger charge is -2.27. The number of halogens is 1. The zero-order chi connectivity index (χ0) is 14.6. The first-order chi connectivity index (χ1) is 8.81. The molecule has 0 spiro atoms. The molecule has 0 aromatic heterocycles. The maximum atomic E-state index is 11.8. The van der Waals surface area contributed by atoms with E-state index in [9.17, 15) is 18.5 Å². The van der Waals surface area contributed by atoms with Gasteiger partial charge in [-0.3, -0.25) is 10.1 Å². The summed E-state index contributed by atoms with van der Waals surface area (Å²) in [4.78, 5) is 9.39. The first-order valence-electron chi connectivity index (χ1n) is 4.94. The van der Waals surface area contributed by atoms with Gasteiger partial charge in [0.15, 0.2) is 0 Å². The quantitative estimate of drug-likeness (QED) is 0.586. The van der Waals surface area contributed by atoms with E-state index in [2.05, 4.69) is 4.72 Å². The molecule has 0 radical (unpaired) electrons. The van der Waals surface area contributed by atoms with Gasteiger partial charge in [0.2, 0.25) is 0 Å². The minimum atomic E-state index is -4.21. The molecular formula is C9H10ClN2O6S-. The van der Waals surface area contributed by atoms with Crippen molar-refractivity contribution in [2.24, 2.45) is 0 Å². The van der Waals surface area contributed by atoms with E-state index in [1.165, 1.54) is 0 Å². The van der Waals surface area contributed by atoms with E-state index in [1.54, 1.807) is 0 Å². The standard InChI is InChI=1S/C9H10ClN2O6S/c10-8-2-1-7(3-9(8)12(15)16)19(17,18)11-6(4-13)5-14/h1-3,6,13-14H,4-5H2/q-1. The highest BCUT2D eigenvalue weighted by Crippen LogP contribution is 2.29. The summed E-state index contributed by atoms with van der Waals surface area (Å²) in [6, 6.07) is 1.68. The molecular weight excluding hydrogens is 300 g/mol. The highest BCUT2D eigenvalue weighted by atomic mass is 35.5. The van der Waals surface area contributed by atoms with Crippen molar-refractivity contribution in [3.05, 3.63) is 38.1 Å². The Morgan fingerprint density at radius 2 is 1.95 bits per heavy atom. The molecule has 1 rings (SSSR count). The van der Waals surface area contributed by atoms with E-state index in [4.69, 9.17) is 21.8 Å². The summed E-state index contributed by atoms with van der Waals surface area (Å²) < 4.78 is 26.8. The summed E-state index contributed by atoms with van der Waals surface area (Å²) in [6.45, 7) is -1.32. The zero-order valence-corrected chi connectivity index (χ0v) is 11.0. The van der Waals surface area contributed by atoms with Crippen LogP contribution in [0.2, 0.25) is 5.02 Å². The summed E-state index contributed by atoms with van der Waals surface area (Å²) in [7, 11) is -4.21. The minimum absolute atomic E-state index is 0.204. The van der Waals surface area contributed by atoms with Crippen LogP contribution in [0.3, 0.4) is 0 Å². The Bertz CT molecular complexity index is 572. The fourth-order valence-corrected chi connectivity index (χ4v) is 2.51. The second kappa shape index (κ2) is 6.26. The van der Waals surface area contributed by atoms with Crippen molar-refractivity contribution in [3.8, 4) is 0 Å². The maximum absolute atomic E-state index is 11.8. The molecule has 1 aromatic rings. The van der Waals surface area contributed by atoms with Crippen molar-refractivity contribution in [1.82, 2.24) is 0 Å². The fourth-order valence-electron chi connectivity index (χ4n) is 1.17. The van der Waals surface area contributed by atoms with Gasteiger partial charge in [0.1, 0.15) is 15.0 Å². The van der Waals surface area contributed by atoms with Crippen LogP contribution in [0.5, 0.6) is 0 Å². The Kier molecular flexibility index (Phi) is 5.20.